The molecule has 1 aliphatic carbocycles. The predicted octanol–water partition coefficient (Wildman–Crippen LogP) is 3.43. The number of methoxy groups -OCH3 is 1. The smallest absolute Gasteiger partial charge is 0.191 e. The van der Waals surface area contributed by atoms with E-state index in [0.717, 1.165) is 63.4 Å². The summed E-state index contributed by atoms with van der Waals surface area (Å²) in [6, 6.07) is 8.74. The first-order chi connectivity index (χ1) is 13.8. The van der Waals surface area contributed by atoms with Gasteiger partial charge in [0.15, 0.2) is 5.96 Å². The molecule has 0 aromatic heterocycles. The number of nitrogens with one attached hydrogen (secondary N) is 2. The predicted molar refractivity (Wildman–Crippen MR) is 129 cm³/mol. The second-order valence-corrected chi connectivity index (χ2v) is 7.79. The summed E-state index contributed by atoms with van der Waals surface area (Å²) in [6.07, 6.45) is 6.24. The minimum absolute atomic E-state index is 0. The lowest BCUT2D eigenvalue weighted by Crippen LogP contribution is -2.43. The Bertz CT molecular complexity index is 619. The van der Waals surface area contributed by atoms with E-state index in [4.69, 9.17) is 9.47 Å². The van der Waals surface area contributed by atoms with E-state index in [0.29, 0.717) is 6.04 Å². The van der Waals surface area contributed by atoms with Crippen molar-refractivity contribution in [3.05, 3.63) is 29.8 Å². The van der Waals surface area contributed by atoms with Crippen LogP contribution in [-0.2, 0) is 4.74 Å². The molecule has 1 heterocycles. The molecule has 164 valence electrons. The van der Waals surface area contributed by atoms with Crippen molar-refractivity contribution in [3.8, 4) is 5.75 Å². The fourth-order valence-corrected chi connectivity index (χ4v) is 3.69. The molecule has 0 amide bonds. The van der Waals surface area contributed by atoms with Crippen molar-refractivity contribution in [2.24, 2.45) is 10.9 Å². The highest BCUT2D eigenvalue weighted by atomic mass is 127. The highest BCUT2D eigenvalue weighted by Gasteiger charge is 2.24. The largest absolute Gasteiger partial charge is 0.497 e. The Hall–Kier alpha value is -1.06. The van der Waals surface area contributed by atoms with Crippen LogP contribution in [0.15, 0.2) is 29.3 Å². The van der Waals surface area contributed by atoms with Crippen molar-refractivity contribution in [1.29, 1.82) is 0 Å². The van der Waals surface area contributed by atoms with Crippen molar-refractivity contribution in [2.45, 2.75) is 38.1 Å². The average molecular weight is 516 g/mol. The third-order valence-electron chi connectivity index (χ3n) is 5.55. The Labute approximate surface area is 192 Å². The molecule has 29 heavy (non-hydrogen) atoms. The number of rotatable bonds is 11. The Kier molecular flexibility index (Phi) is 11.1. The van der Waals surface area contributed by atoms with Gasteiger partial charge in [0.2, 0.25) is 0 Å². The average Bonchev–Trinajstić information content (AvgIpc) is 3.40. The molecule has 1 aliphatic heterocycles. The van der Waals surface area contributed by atoms with Gasteiger partial charge in [-0.05, 0) is 68.8 Å². The highest BCUT2D eigenvalue weighted by Crippen LogP contribution is 2.29. The number of hydrogen-bond acceptors (Lipinski definition) is 4. The minimum atomic E-state index is 0. The van der Waals surface area contributed by atoms with Gasteiger partial charge >= 0.3 is 0 Å². The Morgan fingerprint density at radius 2 is 2.03 bits per heavy atom. The van der Waals surface area contributed by atoms with Crippen LogP contribution in [0.5, 0.6) is 5.75 Å². The van der Waals surface area contributed by atoms with Gasteiger partial charge in [-0.2, -0.15) is 0 Å². The number of aliphatic imine (C=N–C) groups is 1. The molecule has 2 aliphatic rings. The zero-order valence-corrected chi connectivity index (χ0v) is 20.2. The molecule has 1 saturated heterocycles. The number of ether oxygens (including phenoxy) is 2. The van der Waals surface area contributed by atoms with Crippen molar-refractivity contribution in [3.63, 3.8) is 0 Å². The van der Waals surface area contributed by atoms with E-state index < -0.39 is 0 Å². The summed E-state index contributed by atoms with van der Waals surface area (Å²) < 4.78 is 11.1. The van der Waals surface area contributed by atoms with E-state index in [-0.39, 0.29) is 24.0 Å². The monoisotopic (exact) mass is 516 g/mol. The maximum atomic E-state index is 5.70. The lowest BCUT2D eigenvalue weighted by Gasteiger charge is -2.29. The van der Waals surface area contributed by atoms with Crippen LogP contribution in [-0.4, -0.2) is 64.4 Å². The molecule has 2 fully saturated rings. The topological polar surface area (TPSA) is 58.1 Å². The summed E-state index contributed by atoms with van der Waals surface area (Å²) in [5.74, 6) is 2.60. The van der Waals surface area contributed by atoms with Crippen molar-refractivity contribution >= 4 is 29.9 Å². The fourth-order valence-electron chi connectivity index (χ4n) is 3.69. The van der Waals surface area contributed by atoms with Crippen molar-refractivity contribution in [1.82, 2.24) is 15.5 Å². The maximum Gasteiger partial charge on any atom is 0.191 e. The van der Waals surface area contributed by atoms with Crippen LogP contribution >= 0.6 is 24.0 Å². The van der Waals surface area contributed by atoms with Gasteiger partial charge in [-0.15, -0.1) is 24.0 Å². The molecule has 7 heteroatoms. The quantitative estimate of drug-likeness (QED) is 0.204. The summed E-state index contributed by atoms with van der Waals surface area (Å²) >= 11 is 0. The molecule has 0 spiro atoms. The molecule has 1 aromatic rings. The van der Waals surface area contributed by atoms with Crippen LogP contribution in [0.25, 0.3) is 0 Å². The van der Waals surface area contributed by atoms with Crippen LogP contribution in [0.3, 0.4) is 0 Å². The first-order valence-corrected chi connectivity index (χ1v) is 10.7. The second kappa shape index (κ2) is 13.3. The van der Waals surface area contributed by atoms with Gasteiger partial charge in [-0.3, -0.25) is 9.89 Å². The highest BCUT2D eigenvalue weighted by molar-refractivity contribution is 14.0. The summed E-state index contributed by atoms with van der Waals surface area (Å²) in [7, 11) is 3.55. The molecule has 1 atom stereocenters. The van der Waals surface area contributed by atoms with Gasteiger partial charge in [-0.25, -0.2) is 0 Å². The van der Waals surface area contributed by atoms with Crippen LogP contribution in [0.1, 0.15) is 43.7 Å². The first-order valence-electron chi connectivity index (χ1n) is 10.7. The molecule has 1 unspecified atom stereocenters. The van der Waals surface area contributed by atoms with Gasteiger partial charge in [0.1, 0.15) is 5.75 Å². The van der Waals surface area contributed by atoms with Gasteiger partial charge < -0.3 is 20.1 Å². The molecule has 2 N–H and O–H groups in total. The molecular formula is C22H37IN4O2. The van der Waals surface area contributed by atoms with Crippen LogP contribution in [0.4, 0.5) is 0 Å². The van der Waals surface area contributed by atoms with Crippen LogP contribution < -0.4 is 15.4 Å². The van der Waals surface area contributed by atoms with Gasteiger partial charge in [0, 0.05) is 33.4 Å². The van der Waals surface area contributed by atoms with E-state index in [9.17, 15) is 0 Å². The molecular weight excluding hydrogens is 479 g/mol. The normalized spacial score (nSPS) is 18.2. The summed E-state index contributed by atoms with van der Waals surface area (Å²) in [6.45, 7) is 5.75. The number of nitrogens with zero attached hydrogens (tertiary/aromatic N) is 2. The van der Waals surface area contributed by atoms with E-state index in [1.807, 2.05) is 13.1 Å². The number of benzene rings is 1. The number of halogens is 1. The lowest BCUT2D eigenvalue weighted by atomic mass is 10.1. The maximum absolute atomic E-state index is 5.70. The van der Waals surface area contributed by atoms with Crippen LogP contribution in [0.2, 0.25) is 0 Å². The van der Waals surface area contributed by atoms with E-state index in [1.54, 1.807) is 7.11 Å². The lowest BCUT2D eigenvalue weighted by molar-refractivity contribution is 0.123. The molecule has 6 nitrogen and oxygen atoms in total. The number of guanidine groups is 1. The minimum Gasteiger partial charge on any atom is -0.497 e. The Balaban J connectivity index is 0.00000300. The standard InChI is InChI=1S/C22H36N4O2.HI/c1-23-22(24-11-6-14-28-17-18-9-10-18)25-16-21(26-12-3-4-13-26)19-7-5-8-20(15-19)27-2;/h5,7-8,15,18,21H,3-4,6,9-14,16-17H2,1-2H3,(H2,23,24,25);1H. The Morgan fingerprint density at radius 1 is 1.24 bits per heavy atom. The third-order valence-corrected chi connectivity index (χ3v) is 5.55. The first kappa shape index (κ1) is 24.2. The van der Waals surface area contributed by atoms with E-state index in [1.165, 1.54) is 31.2 Å². The zero-order valence-electron chi connectivity index (χ0n) is 17.9. The Morgan fingerprint density at radius 3 is 2.72 bits per heavy atom. The van der Waals surface area contributed by atoms with Crippen LogP contribution in [0, 0.1) is 5.92 Å². The summed E-state index contributed by atoms with van der Waals surface area (Å²) in [5, 5.41) is 6.93. The van der Waals surface area contributed by atoms with Crippen molar-refractivity contribution < 1.29 is 9.47 Å². The summed E-state index contributed by atoms with van der Waals surface area (Å²) in [5.41, 5.74) is 1.29. The molecule has 0 bridgehead atoms. The molecule has 0 radical (unpaired) electrons. The van der Waals surface area contributed by atoms with Gasteiger partial charge in [0.25, 0.3) is 0 Å². The van der Waals surface area contributed by atoms with E-state index in [2.05, 4.69) is 38.7 Å². The number of hydrogen-bond donors (Lipinski definition) is 2. The zero-order chi connectivity index (χ0) is 19.6. The fraction of sp³-hybridized carbons (Fsp3) is 0.682. The second-order valence-electron chi connectivity index (χ2n) is 7.79. The molecule has 1 aromatic carbocycles. The third kappa shape index (κ3) is 8.30. The SMILES string of the molecule is CN=C(NCCCOCC1CC1)NCC(c1cccc(OC)c1)N1CCCC1.I. The molecule has 1 saturated carbocycles. The van der Waals surface area contributed by atoms with Gasteiger partial charge in [0.05, 0.1) is 13.2 Å². The molecule has 3 rings (SSSR count). The van der Waals surface area contributed by atoms with Gasteiger partial charge in [-0.1, -0.05) is 12.1 Å². The summed E-state index contributed by atoms with van der Waals surface area (Å²) in [4.78, 5) is 6.94. The number of likely N-dealkylation sites (tertiary alicyclic amines) is 1. The van der Waals surface area contributed by atoms with Crippen molar-refractivity contribution in [2.75, 3.05) is 53.6 Å². The van der Waals surface area contributed by atoms with E-state index >= 15 is 0 Å².